The summed E-state index contributed by atoms with van der Waals surface area (Å²) in [7, 11) is 1.69. The molecule has 126 valence electrons. The van der Waals surface area contributed by atoms with E-state index < -0.39 is 0 Å². The maximum Gasteiger partial charge on any atom is 0.118 e. The van der Waals surface area contributed by atoms with Crippen LogP contribution in [-0.2, 0) is 11.2 Å². The topological polar surface area (TPSA) is 18.5 Å². The molecule has 0 saturated carbocycles. The van der Waals surface area contributed by atoms with Crippen LogP contribution < -0.4 is 4.74 Å². The molecular formula is C22H26O2. The molecule has 2 aromatic carbocycles. The Kier molecular flexibility index (Phi) is 5.37. The lowest BCUT2D eigenvalue weighted by molar-refractivity contribution is -0.0754. The summed E-state index contributed by atoms with van der Waals surface area (Å²) < 4.78 is 11.8. The van der Waals surface area contributed by atoms with Gasteiger partial charge in [-0.15, -0.1) is 0 Å². The monoisotopic (exact) mass is 322 g/mol. The number of hydrogen-bond donors (Lipinski definition) is 0. The zero-order valence-electron chi connectivity index (χ0n) is 14.6. The van der Waals surface area contributed by atoms with Crippen molar-refractivity contribution >= 4 is 0 Å². The molecule has 0 amide bonds. The van der Waals surface area contributed by atoms with Crippen molar-refractivity contribution in [3.63, 3.8) is 0 Å². The predicted molar refractivity (Wildman–Crippen MR) is 98.3 cm³/mol. The molecule has 0 spiro atoms. The number of rotatable bonds is 5. The molecule has 2 nitrogen and oxygen atoms in total. The van der Waals surface area contributed by atoms with E-state index in [1.165, 1.54) is 16.7 Å². The van der Waals surface area contributed by atoms with Crippen LogP contribution in [0, 0.1) is 5.92 Å². The molecule has 1 aliphatic rings. The molecule has 0 aromatic heterocycles. The van der Waals surface area contributed by atoms with Crippen LogP contribution in [0.5, 0.6) is 5.75 Å². The number of ether oxygens (including phenoxy) is 2. The second kappa shape index (κ2) is 7.67. The van der Waals surface area contributed by atoms with E-state index in [1.54, 1.807) is 7.11 Å². The highest BCUT2D eigenvalue weighted by molar-refractivity contribution is 5.30. The van der Waals surface area contributed by atoms with Crippen molar-refractivity contribution < 1.29 is 9.47 Å². The SMILES string of the molecule is C=C(C)[C@@H]1CC[C@@H](Cc2ccccc2)O[C@H]1c1ccc(OC)cc1. The highest BCUT2D eigenvalue weighted by Crippen LogP contribution is 2.40. The summed E-state index contributed by atoms with van der Waals surface area (Å²) in [5.74, 6) is 1.26. The van der Waals surface area contributed by atoms with Gasteiger partial charge in [0.25, 0.3) is 0 Å². The van der Waals surface area contributed by atoms with E-state index >= 15 is 0 Å². The molecule has 0 radical (unpaired) electrons. The average Bonchev–Trinajstić information content (AvgIpc) is 2.62. The molecule has 1 saturated heterocycles. The van der Waals surface area contributed by atoms with E-state index in [2.05, 4.69) is 56.0 Å². The molecule has 0 unspecified atom stereocenters. The molecule has 3 atom stereocenters. The molecule has 2 aromatic rings. The quantitative estimate of drug-likeness (QED) is 0.691. The second-order valence-electron chi connectivity index (χ2n) is 6.67. The van der Waals surface area contributed by atoms with Crippen molar-refractivity contribution in [3.05, 3.63) is 77.9 Å². The van der Waals surface area contributed by atoms with Crippen LogP contribution in [0.2, 0.25) is 0 Å². The van der Waals surface area contributed by atoms with Gasteiger partial charge in [0.2, 0.25) is 0 Å². The van der Waals surface area contributed by atoms with Crippen LogP contribution in [0.1, 0.15) is 37.0 Å². The molecule has 0 bridgehead atoms. The Morgan fingerprint density at radius 1 is 1.08 bits per heavy atom. The lowest BCUT2D eigenvalue weighted by atomic mass is 9.82. The largest absolute Gasteiger partial charge is 0.497 e. The third-order valence-electron chi connectivity index (χ3n) is 4.89. The first-order valence-corrected chi connectivity index (χ1v) is 8.66. The van der Waals surface area contributed by atoms with Crippen LogP contribution >= 0.6 is 0 Å². The van der Waals surface area contributed by atoms with Gasteiger partial charge >= 0.3 is 0 Å². The van der Waals surface area contributed by atoms with Crippen LogP contribution in [0.3, 0.4) is 0 Å². The predicted octanol–water partition coefficient (Wildman–Crippen LogP) is 5.35. The Morgan fingerprint density at radius 2 is 1.79 bits per heavy atom. The Balaban J connectivity index is 1.77. The van der Waals surface area contributed by atoms with Gasteiger partial charge in [-0.2, -0.15) is 0 Å². The summed E-state index contributed by atoms with van der Waals surface area (Å²) >= 11 is 0. The lowest BCUT2D eigenvalue weighted by Crippen LogP contribution is -2.31. The fourth-order valence-electron chi connectivity index (χ4n) is 3.52. The first-order chi connectivity index (χ1) is 11.7. The Hall–Kier alpha value is -2.06. The molecule has 2 heteroatoms. The van der Waals surface area contributed by atoms with Crippen molar-refractivity contribution in [2.75, 3.05) is 7.11 Å². The number of methoxy groups -OCH3 is 1. The highest BCUT2D eigenvalue weighted by Gasteiger charge is 2.32. The van der Waals surface area contributed by atoms with Gasteiger partial charge in [-0.3, -0.25) is 0 Å². The van der Waals surface area contributed by atoms with E-state index in [4.69, 9.17) is 9.47 Å². The second-order valence-corrected chi connectivity index (χ2v) is 6.67. The van der Waals surface area contributed by atoms with Crippen LogP contribution in [0.25, 0.3) is 0 Å². The molecular weight excluding hydrogens is 296 g/mol. The summed E-state index contributed by atoms with van der Waals surface area (Å²) in [5, 5.41) is 0. The van der Waals surface area contributed by atoms with Crippen molar-refractivity contribution in [3.8, 4) is 5.75 Å². The van der Waals surface area contributed by atoms with Gasteiger partial charge in [-0.05, 0) is 49.4 Å². The van der Waals surface area contributed by atoms with E-state index in [0.29, 0.717) is 5.92 Å². The van der Waals surface area contributed by atoms with Gasteiger partial charge in [0.15, 0.2) is 0 Å². The zero-order chi connectivity index (χ0) is 16.9. The summed E-state index contributed by atoms with van der Waals surface area (Å²) in [6.45, 7) is 6.31. The van der Waals surface area contributed by atoms with E-state index in [0.717, 1.165) is 25.0 Å². The third-order valence-corrected chi connectivity index (χ3v) is 4.89. The van der Waals surface area contributed by atoms with Crippen molar-refractivity contribution in [1.29, 1.82) is 0 Å². The smallest absolute Gasteiger partial charge is 0.118 e. The van der Waals surface area contributed by atoms with Gasteiger partial charge in [0, 0.05) is 5.92 Å². The highest BCUT2D eigenvalue weighted by atomic mass is 16.5. The Morgan fingerprint density at radius 3 is 2.42 bits per heavy atom. The van der Waals surface area contributed by atoms with Crippen molar-refractivity contribution in [1.82, 2.24) is 0 Å². The van der Waals surface area contributed by atoms with Crippen LogP contribution in [-0.4, -0.2) is 13.2 Å². The third kappa shape index (κ3) is 3.88. The Bertz CT molecular complexity index is 660. The van der Waals surface area contributed by atoms with Gasteiger partial charge < -0.3 is 9.47 Å². The standard InChI is InChI=1S/C22H26O2/c1-16(2)21-14-13-20(15-17-7-5-4-6-8-17)24-22(21)18-9-11-19(23-3)12-10-18/h4-12,20-22H,1,13-15H2,2-3H3/t20-,21-,22-/m0/s1. The number of hydrogen-bond acceptors (Lipinski definition) is 2. The zero-order valence-corrected chi connectivity index (χ0v) is 14.6. The molecule has 3 rings (SSSR count). The summed E-state index contributed by atoms with van der Waals surface area (Å²) in [4.78, 5) is 0. The molecule has 0 aliphatic carbocycles. The fraction of sp³-hybridized carbons (Fsp3) is 0.364. The fourth-order valence-corrected chi connectivity index (χ4v) is 3.52. The van der Waals surface area contributed by atoms with Crippen LogP contribution in [0.4, 0.5) is 0 Å². The molecule has 1 heterocycles. The molecule has 1 aliphatic heterocycles. The van der Waals surface area contributed by atoms with Gasteiger partial charge in [0.05, 0.1) is 19.3 Å². The van der Waals surface area contributed by atoms with Crippen molar-refractivity contribution in [2.45, 2.75) is 38.4 Å². The van der Waals surface area contributed by atoms with E-state index in [1.807, 2.05) is 12.1 Å². The van der Waals surface area contributed by atoms with Crippen molar-refractivity contribution in [2.24, 2.45) is 5.92 Å². The first kappa shape index (κ1) is 16.8. The Labute approximate surface area is 145 Å². The van der Waals surface area contributed by atoms with Gasteiger partial charge in [-0.1, -0.05) is 54.6 Å². The number of benzene rings is 2. The van der Waals surface area contributed by atoms with Gasteiger partial charge in [-0.25, -0.2) is 0 Å². The van der Waals surface area contributed by atoms with Gasteiger partial charge in [0.1, 0.15) is 5.75 Å². The van der Waals surface area contributed by atoms with Crippen LogP contribution in [0.15, 0.2) is 66.7 Å². The minimum absolute atomic E-state index is 0.0795. The van der Waals surface area contributed by atoms with E-state index in [-0.39, 0.29) is 12.2 Å². The summed E-state index contributed by atoms with van der Waals surface area (Å²) in [6.07, 6.45) is 3.52. The minimum atomic E-state index is 0.0795. The molecule has 24 heavy (non-hydrogen) atoms. The van der Waals surface area contributed by atoms with E-state index in [9.17, 15) is 0 Å². The lowest BCUT2D eigenvalue weighted by Gasteiger charge is -2.37. The maximum atomic E-state index is 6.52. The average molecular weight is 322 g/mol. The normalized spacial score (nSPS) is 23.7. The summed E-state index contributed by atoms with van der Waals surface area (Å²) in [6, 6.07) is 18.8. The summed E-state index contributed by atoms with van der Waals surface area (Å²) in [5.41, 5.74) is 3.75. The minimum Gasteiger partial charge on any atom is -0.497 e. The molecule has 1 fully saturated rings. The molecule has 0 N–H and O–H groups in total. The first-order valence-electron chi connectivity index (χ1n) is 8.66. The maximum absolute atomic E-state index is 6.52.